The fourth-order valence-electron chi connectivity index (χ4n) is 2.70. The Kier molecular flexibility index (Phi) is 5.50. The number of rotatable bonds is 4. The molecule has 1 aliphatic rings. The van der Waals surface area contributed by atoms with Crippen LogP contribution in [0.25, 0.3) is 0 Å². The highest BCUT2D eigenvalue weighted by atomic mass is 79.9. The van der Waals surface area contributed by atoms with Crippen LogP contribution in [0.4, 0.5) is 5.69 Å². The highest BCUT2D eigenvalue weighted by molar-refractivity contribution is 9.11. The van der Waals surface area contributed by atoms with Gasteiger partial charge in [0.25, 0.3) is 0 Å². The van der Waals surface area contributed by atoms with Gasteiger partial charge >= 0.3 is 0 Å². The van der Waals surface area contributed by atoms with E-state index in [1.54, 1.807) is 0 Å². The average Bonchev–Trinajstić information content (AvgIpc) is 2.53. The SMILES string of the molecule is Brc1cc(N2CCC(OCc3ccccc3)CC2)cc(Br)n1. The minimum atomic E-state index is 0.352. The van der Waals surface area contributed by atoms with Crippen LogP contribution in [-0.4, -0.2) is 24.2 Å². The fourth-order valence-corrected chi connectivity index (χ4v) is 3.79. The van der Waals surface area contributed by atoms with Crippen molar-refractivity contribution in [2.45, 2.75) is 25.6 Å². The molecule has 2 aromatic rings. The Bertz CT molecular complexity index is 593. The van der Waals surface area contributed by atoms with Crippen LogP contribution in [0.3, 0.4) is 0 Å². The van der Waals surface area contributed by atoms with Gasteiger partial charge in [-0.05, 0) is 62.4 Å². The number of aromatic nitrogens is 1. The van der Waals surface area contributed by atoms with E-state index in [1.807, 2.05) is 6.07 Å². The number of benzene rings is 1. The molecular formula is C17H18Br2N2O. The number of hydrogen-bond donors (Lipinski definition) is 0. The lowest BCUT2D eigenvalue weighted by molar-refractivity contribution is 0.0251. The molecule has 0 unspecified atom stereocenters. The summed E-state index contributed by atoms with van der Waals surface area (Å²) < 4.78 is 7.76. The summed E-state index contributed by atoms with van der Waals surface area (Å²) in [5, 5.41) is 0. The largest absolute Gasteiger partial charge is 0.373 e. The molecule has 1 aromatic heterocycles. The van der Waals surface area contributed by atoms with E-state index in [1.165, 1.54) is 11.3 Å². The van der Waals surface area contributed by atoms with E-state index in [4.69, 9.17) is 4.74 Å². The van der Waals surface area contributed by atoms with Crippen LogP contribution in [0.5, 0.6) is 0 Å². The average molecular weight is 426 g/mol. The summed E-state index contributed by atoms with van der Waals surface area (Å²) in [5.41, 5.74) is 2.45. The van der Waals surface area contributed by atoms with Crippen molar-refractivity contribution in [2.75, 3.05) is 18.0 Å². The van der Waals surface area contributed by atoms with Gasteiger partial charge in [0.15, 0.2) is 0 Å². The Morgan fingerprint density at radius 2 is 1.68 bits per heavy atom. The predicted molar refractivity (Wildman–Crippen MR) is 96.1 cm³/mol. The minimum absolute atomic E-state index is 0.352. The van der Waals surface area contributed by atoms with Gasteiger partial charge < -0.3 is 9.64 Å². The fraction of sp³-hybridized carbons (Fsp3) is 0.353. The lowest BCUT2D eigenvalue weighted by Crippen LogP contribution is -2.37. The van der Waals surface area contributed by atoms with Crippen molar-refractivity contribution in [1.29, 1.82) is 0 Å². The van der Waals surface area contributed by atoms with E-state index in [-0.39, 0.29) is 0 Å². The molecule has 0 spiro atoms. The Labute approximate surface area is 148 Å². The van der Waals surface area contributed by atoms with E-state index in [0.29, 0.717) is 12.7 Å². The molecular weight excluding hydrogens is 408 g/mol. The number of nitrogens with zero attached hydrogens (tertiary/aromatic N) is 2. The van der Waals surface area contributed by atoms with Crippen LogP contribution in [-0.2, 0) is 11.3 Å². The van der Waals surface area contributed by atoms with Crippen LogP contribution in [0.1, 0.15) is 18.4 Å². The molecule has 1 aliphatic heterocycles. The topological polar surface area (TPSA) is 25.4 Å². The molecule has 116 valence electrons. The Morgan fingerprint density at radius 1 is 1.05 bits per heavy atom. The Balaban J connectivity index is 1.52. The number of ether oxygens (including phenoxy) is 1. The number of hydrogen-bond acceptors (Lipinski definition) is 3. The lowest BCUT2D eigenvalue weighted by atomic mass is 10.1. The molecule has 22 heavy (non-hydrogen) atoms. The van der Waals surface area contributed by atoms with Gasteiger partial charge in [-0.3, -0.25) is 0 Å². The molecule has 0 aliphatic carbocycles. The highest BCUT2D eigenvalue weighted by Crippen LogP contribution is 2.26. The van der Waals surface area contributed by atoms with Crippen molar-refractivity contribution in [1.82, 2.24) is 4.98 Å². The van der Waals surface area contributed by atoms with Gasteiger partial charge in [-0.25, -0.2) is 4.98 Å². The summed E-state index contributed by atoms with van der Waals surface area (Å²) in [5.74, 6) is 0. The third-order valence-corrected chi connectivity index (χ3v) is 4.70. The van der Waals surface area contributed by atoms with E-state index in [9.17, 15) is 0 Å². The molecule has 3 nitrogen and oxygen atoms in total. The standard InChI is InChI=1S/C17H18Br2N2O/c18-16-10-14(11-17(19)20-16)21-8-6-15(7-9-21)22-12-13-4-2-1-3-5-13/h1-5,10-11,15H,6-9,12H2. The second-order valence-electron chi connectivity index (χ2n) is 5.45. The van der Waals surface area contributed by atoms with Gasteiger partial charge in [-0.2, -0.15) is 0 Å². The van der Waals surface area contributed by atoms with Crippen LogP contribution in [0.15, 0.2) is 51.7 Å². The van der Waals surface area contributed by atoms with E-state index < -0.39 is 0 Å². The normalized spacial score (nSPS) is 16.0. The predicted octanol–water partition coefficient (Wildman–Crippen LogP) is 4.79. The second-order valence-corrected chi connectivity index (χ2v) is 7.08. The van der Waals surface area contributed by atoms with Gasteiger partial charge in [0.2, 0.25) is 0 Å². The molecule has 0 N–H and O–H groups in total. The maximum Gasteiger partial charge on any atom is 0.109 e. The van der Waals surface area contributed by atoms with Gasteiger partial charge in [-0.1, -0.05) is 30.3 Å². The maximum atomic E-state index is 6.04. The van der Waals surface area contributed by atoms with Crippen molar-refractivity contribution < 1.29 is 4.74 Å². The minimum Gasteiger partial charge on any atom is -0.373 e. The molecule has 0 saturated carbocycles. The number of anilines is 1. The van der Waals surface area contributed by atoms with Gasteiger partial charge in [0.1, 0.15) is 9.21 Å². The third-order valence-electron chi connectivity index (χ3n) is 3.88. The summed E-state index contributed by atoms with van der Waals surface area (Å²) in [6.07, 6.45) is 2.47. The van der Waals surface area contributed by atoms with Crippen LogP contribution in [0.2, 0.25) is 0 Å². The molecule has 0 atom stereocenters. The quantitative estimate of drug-likeness (QED) is 0.658. The molecule has 0 radical (unpaired) electrons. The first-order valence-corrected chi connectivity index (χ1v) is 9.03. The monoisotopic (exact) mass is 424 g/mol. The smallest absolute Gasteiger partial charge is 0.109 e. The zero-order valence-electron chi connectivity index (χ0n) is 12.2. The van der Waals surface area contributed by atoms with Gasteiger partial charge in [0, 0.05) is 18.8 Å². The maximum absolute atomic E-state index is 6.04. The van der Waals surface area contributed by atoms with Crippen molar-refractivity contribution in [3.63, 3.8) is 0 Å². The molecule has 1 saturated heterocycles. The van der Waals surface area contributed by atoms with Crippen molar-refractivity contribution in [2.24, 2.45) is 0 Å². The summed E-state index contributed by atoms with van der Waals surface area (Å²) in [6, 6.07) is 14.5. The summed E-state index contributed by atoms with van der Waals surface area (Å²) in [4.78, 5) is 6.68. The van der Waals surface area contributed by atoms with Crippen molar-refractivity contribution in [3.05, 3.63) is 57.2 Å². The first-order valence-electron chi connectivity index (χ1n) is 7.44. The zero-order chi connectivity index (χ0) is 15.4. The molecule has 2 heterocycles. The van der Waals surface area contributed by atoms with E-state index >= 15 is 0 Å². The molecule has 3 rings (SSSR count). The molecule has 0 bridgehead atoms. The summed E-state index contributed by atoms with van der Waals surface area (Å²) in [7, 11) is 0. The van der Waals surface area contributed by atoms with Gasteiger partial charge in [-0.15, -0.1) is 0 Å². The van der Waals surface area contributed by atoms with E-state index in [2.05, 4.69) is 78.1 Å². The summed E-state index contributed by atoms with van der Waals surface area (Å²) in [6.45, 7) is 2.74. The van der Waals surface area contributed by atoms with Crippen LogP contribution < -0.4 is 4.90 Å². The first-order chi connectivity index (χ1) is 10.7. The van der Waals surface area contributed by atoms with Gasteiger partial charge in [0.05, 0.1) is 12.7 Å². The Morgan fingerprint density at radius 3 is 2.32 bits per heavy atom. The number of pyridine rings is 1. The van der Waals surface area contributed by atoms with Crippen LogP contribution in [0, 0.1) is 0 Å². The molecule has 5 heteroatoms. The van der Waals surface area contributed by atoms with E-state index in [0.717, 1.165) is 35.1 Å². The number of piperidine rings is 1. The highest BCUT2D eigenvalue weighted by Gasteiger charge is 2.20. The molecule has 1 fully saturated rings. The Hall–Kier alpha value is -0.910. The lowest BCUT2D eigenvalue weighted by Gasteiger charge is -2.33. The summed E-state index contributed by atoms with van der Waals surface area (Å²) >= 11 is 6.90. The van der Waals surface area contributed by atoms with Crippen molar-refractivity contribution >= 4 is 37.5 Å². The zero-order valence-corrected chi connectivity index (χ0v) is 15.4. The third kappa shape index (κ3) is 4.31. The molecule has 1 aromatic carbocycles. The van der Waals surface area contributed by atoms with Crippen LogP contribution >= 0.6 is 31.9 Å². The first kappa shape index (κ1) is 16.0. The molecule has 0 amide bonds. The second kappa shape index (κ2) is 7.57. The number of halogens is 2. The van der Waals surface area contributed by atoms with Crippen molar-refractivity contribution in [3.8, 4) is 0 Å².